The highest BCUT2D eigenvalue weighted by molar-refractivity contribution is 6.33. The first-order chi connectivity index (χ1) is 11.3. The van der Waals surface area contributed by atoms with Gasteiger partial charge >= 0.3 is 6.03 Å². The van der Waals surface area contributed by atoms with Gasteiger partial charge in [0.15, 0.2) is 11.5 Å². The fraction of sp³-hybridized carbons (Fsp3) is 0.312. The van der Waals surface area contributed by atoms with Gasteiger partial charge in [0, 0.05) is 0 Å². The second-order valence-electron chi connectivity index (χ2n) is 5.22. The second-order valence-corrected chi connectivity index (χ2v) is 5.63. The monoisotopic (exact) mass is 352 g/mol. The van der Waals surface area contributed by atoms with E-state index in [1.807, 2.05) is 31.4 Å². The molecule has 1 fully saturated rings. The standard InChI is InChI=1S/C16H17ClN2O5/c1-4-23-12-7-9(6-11(17)13(12)24-8(2)3)5-10-14(20)18-16(22)19-15(10)21/h5-8H,4H2,1-3H3,(H2,18,19,20,21,22). The van der Waals surface area contributed by atoms with Gasteiger partial charge in [0.1, 0.15) is 5.57 Å². The summed E-state index contributed by atoms with van der Waals surface area (Å²) in [5.41, 5.74) is 0.264. The van der Waals surface area contributed by atoms with Crippen LogP contribution in [0.15, 0.2) is 17.7 Å². The van der Waals surface area contributed by atoms with Gasteiger partial charge in [-0.2, -0.15) is 0 Å². The summed E-state index contributed by atoms with van der Waals surface area (Å²) in [6.45, 7) is 5.91. The molecule has 8 heteroatoms. The van der Waals surface area contributed by atoms with Gasteiger partial charge in [-0.3, -0.25) is 20.2 Å². The topological polar surface area (TPSA) is 93.7 Å². The van der Waals surface area contributed by atoms with Crippen LogP contribution in [0.3, 0.4) is 0 Å². The van der Waals surface area contributed by atoms with E-state index >= 15 is 0 Å². The lowest BCUT2D eigenvalue weighted by molar-refractivity contribution is -0.123. The molecule has 1 aliphatic heterocycles. The highest BCUT2D eigenvalue weighted by Crippen LogP contribution is 2.38. The minimum absolute atomic E-state index is 0.105. The molecule has 128 valence electrons. The molecule has 7 nitrogen and oxygen atoms in total. The minimum Gasteiger partial charge on any atom is -0.490 e. The van der Waals surface area contributed by atoms with Crippen LogP contribution >= 0.6 is 11.6 Å². The normalized spacial score (nSPS) is 14.4. The van der Waals surface area contributed by atoms with Gasteiger partial charge in [0.05, 0.1) is 17.7 Å². The Morgan fingerprint density at radius 2 is 1.79 bits per heavy atom. The first-order valence-corrected chi connectivity index (χ1v) is 7.71. The zero-order valence-electron chi connectivity index (χ0n) is 13.4. The van der Waals surface area contributed by atoms with Crippen molar-refractivity contribution < 1.29 is 23.9 Å². The van der Waals surface area contributed by atoms with E-state index in [0.717, 1.165) is 0 Å². The van der Waals surface area contributed by atoms with Crippen LogP contribution in [-0.2, 0) is 9.59 Å². The number of nitrogens with one attached hydrogen (secondary N) is 2. The number of amides is 4. The molecule has 1 heterocycles. The van der Waals surface area contributed by atoms with Crippen LogP contribution in [0, 0.1) is 0 Å². The van der Waals surface area contributed by atoms with Crippen LogP contribution in [0.4, 0.5) is 4.79 Å². The molecule has 1 saturated heterocycles. The van der Waals surface area contributed by atoms with E-state index in [0.29, 0.717) is 23.7 Å². The summed E-state index contributed by atoms with van der Waals surface area (Å²) in [7, 11) is 0. The van der Waals surface area contributed by atoms with E-state index in [-0.39, 0.29) is 16.7 Å². The van der Waals surface area contributed by atoms with Crippen molar-refractivity contribution >= 4 is 35.5 Å². The van der Waals surface area contributed by atoms with E-state index in [4.69, 9.17) is 21.1 Å². The number of carbonyl (C=O) groups is 3. The number of hydrogen-bond donors (Lipinski definition) is 2. The molecule has 0 unspecified atom stereocenters. The first-order valence-electron chi connectivity index (χ1n) is 7.33. The summed E-state index contributed by atoms with van der Waals surface area (Å²) in [5.74, 6) is -0.762. The molecule has 0 aromatic heterocycles. The Kier molecular flexibility index (Phi) is 5.46. The van der Waals surface area contributed by atoms with Gasteiger partial charge in [0.25, 0.3) is 11.8 Å². The predicted molar refractivity (Wildman–Crippen MR) is 88.0 cm³/mol. The van der Waals surface area contributed by atoms with Gasteiger partial charge in [-0.1, -0.05) is 11.6 Å². The van der Waals surface area contributed by atoms with E-state index < -0.39 is 17.8 Å². The summed E-state index contributed by atoms with van der Waals surface area (Å²) in [5, 5.41) is 4.30. The van der Waals surface area contributed by atoms with Gasteiger partial charge in [-0.15, -0.1) is 0 Å². The molecule has 0 aliphatic carbocycles. The fourth-order valence-corrected chi connectivity index (χ4v) is 2.32. The van der Waals surface area contributed by atoms with Crippen LogP contribution in [0.2, 0.25) is 5.02 Å². The molecule has 0 spiro atoms. The van der Waals surface area contributed by atoms with Crippen molar-refractivity contribution in [3.8, 4) is 11.5 Å². The molecule has 1 aliphatic rings. The molecule has 1 aromatic rings. The number of benzene rings is 1. The number of ether oxygens (including phenoxy) is 2. The Bertz CT molecular complexity index is 705. The second kappa shape index (κ2) is 7.35. The largest absolute Gasteiger partial charge is 0.490 e. The Morgan fingerprint density at radius 1 is 1.17 bits per heavy atom. The van der Waals surface area contributed by atoms with Crippen molar-refractivity contribution in [3.63, 3.8) is 0 Å². The minimum atomic E-state index is -0.851. The van der Waals surface area contributed by atoms with Crippen molar-refractivity contribution in [1.29, 1.82) is 0 Å². The third-order valence-electron chi connectivity index (χ3n) is 2.94. The van der Waals surface area contributed by atoms with Crippen molar-refractivity contribution in [1.82, 2.24) is 10.6 Å². The number of carbonyl (C=O) groups excluding carboxylic acids is 3. The lowest BCUT2D eigenvalue weighted by atomic mass is 10.1. The molecule has 2 rings (SSSR count). The zero-order chi connectivity index (χ0) is 17.9. The predicted octanol–water partition coefficient (Wildman–Crippen LogP) is 2.28. The van der Waals surface area contributed by atoms with Crippen LogP contribution in [0.5, 0.6) is 11.5 Å². The number of barbiturate groups is 1. The van der Waals surface area contributed by atoms with Crippen molar-refractivity contribution in [2.24, 2.45) is 0 Å². The smallest absolute Gasteiger partial charge is 0.328 e. The summed E-state index contributed by atoms with van der Waals surface area (Å²) < 4.78 is 11.2. The number of hydrogen-bond acceptors (Lipinski definition) is 5. The number of imide groups is 2. The molecule has 0 radical (unpaired) electrons. The lowest BCUT2D eigenvalue weighted by Crippen LogP contribution is -2.51. The zero-order valence-corrected chi connectivity index (χ0v) is 14.2. The summed E-state index contributed by atoms with van der Waals surface area (Å²) >= 11 is 6.24. The maximum atomic E-state index is 11.8. The SMILES string of the molecule is CCOc1cc(C=C2C(=O)NC(=O)NC2=O)cc(Cl)c1OC(C)C. The van der Waals surface area contributed by atoms with E-state index in [9.17, 15) is 14.4 Å². The maximum absolute atomic E-state index is 11.8. The van der Waals surface area contributed by atoms with Crippen LogP contribution in [0.1, 0.15) is 26.3 Å². The molecule has 2 N–H and O–H groups in total. The molecule has 0 saturated carbocycles. The average molecular weight is 353 g/mol. The highest BCUT2D eigenvalue weighted by atomic mass is 35.5. The van der Waals surface area contributed by atoms with Crippen LogP contribution in [0.25, 0.3) is 6.08 Å². The summed E-state index contributed by atoms with van der Waals surface area (Å²) in [4.78, 5) is 34.6. The Balaban J connectivity index is 2.44. The third kappa shape index (κ3) is 4.05. The average Bonchev–Trinajstić information content (AvgIpc) is 2.46. The van der Waals surface area contributed by atoms with Gasteiger partial charge in [-0.25, -0.2) is 4.79 Å². The highest BCUT2D eigenvalue weighted by Gasteiger charge is 2.28. The first kappa shape index (κ1) is 17.8. The molecule has 0 bridgehead atoms. The maximum Gasteiger partial charge on any atom is 0.328 e. The van der Waals surface area contributed by atoms with Gasteiger partial charge in [-0.05, 0) is 44.5 Å². The molecule has 24 heavy (non-hydrogen) atoms. The fourth-order valence-electron chi connectivity index (χ4n) is 2.06. The molecular formula is C16H17ClN2O5. The van der Waals surface area contributed by atoms with Crippen molar-refractivity contribution in [2.45, 2.75) is 26.9 Å². The molecule has 1 aromatic carbocycles. The molecular weight excluding hydrogens is 336 g/mol. The lowest BCUT2D eigenvalue weighted by Gasteiger charge is -2.17. The summed E-state index contributed by atoms with van der Waals surface area (Å²) in [6, 6.07) is 2.30. The Labute approximate surface area is 144 Å². The Morgan fingerprint density at radius 3 is 2.33 bits per heavy atom. The van der Waals surface area contributed by atoms with Crippen LogP contribution < -0.4 is 20.1 Å². The molecule has 0 atom stereocenters. The van der Waals surface area contributed by atoms with Crippen molar-refractivity contribution in [2.75, 3.05) is 6.61 Å². The van der Waals surface area contributed by atoms with Crippen LogP contribution in [-0.4, -0.2) is 30.6 Å². The quantitative estimate of drug-likeness (QED) is 0.626. The Hall–Kier alpha value is -2.54. The van der Waals surface area contributed by atoms with Crippen molar-refractivity contribution in [3.05, 3.63) is 28.3 Å². The number of urea groups is 1. The van der Waals surface area contributed by atoms with E-state index in [1.54, 1.807) is 12.1 Å². The van der Waals surface area contributed by atoms with Gasteiger partial charge in [0.2, 0.25) is 0 Å². The number of halogens is 1. The van der Waals surface area contributed by atoms with Gasteiger partial charge < -0.3 is 9.47 Å². The summed E-state index contributed by atoms with van der Waals surface area (Å²) in [6.07, 6.45) is 1.22. The number of rotatable bonds is 5. The van der Waals surface area contributed by atoms with E-state index in [2.05, 4.69) is 0 Å². The third-order valence-corrected chi connectivity index (χ3v) is 3.22. The van der Waals surface area contributed by atoms with E-state index in [1.165, 1.54) is 6.08 Å². The molecule has 4 amide bonds.